The fourth-order valence-electron chi connectivity index (χ4n) is 3.57. The molecule has 2 aliphatic heterocycles. The highest BCUT2D eigenvalue weighted by Gasteiger charge is 2.26. The molecule has 0 unspecified atom stereocenters. The molecule has 0 spiro atoms. The van der Waals surface area contributed by atoms with Crippen molar-refractivity contribution in [2.24, 2.45) is 0 Å². The number of rotatable bonds is 3. The lowest BCUT2D eigenvalue weighted by molar-refractivity contribution is -0.133. The predicted octanol–water partition coefficient (Wildman–Crippen LogP) is 2.56. The molecule has 2 heterocycles. The summed E-state index contributed by atoms with van der Waals surface area (Å²) in [5.74, 6) is -1.55. The highest BCUT2D eigenvalue weighted by molar-refractivity contribution is 6.01. The summed E-state index contributed by atoms with van der Waals surface area (Å²) < 4.78 is 10.7. The van der Waals surface area contributed by atoms with Crippen LogP contribution in [0.1, 0.15) is 18.4 Å². The zero-order valence-electron chi connectivity index (χ0n) is 14.2. The number of phenols is 1. The number of benzene rings is 2. The van der Waals surface area contributed by atoms with Gasteiger partial charge in [-0.2, -0.15) is 0 Å². The average molecular weight is 353 g/mol. The van der Waals surface area contributed by atoms with E-state index in [1.807, 2.05) is 12.1 Å². The molecule has 26 heavy (non-hydrogen) atoms. The maximum absolute atomic E-state index is 12.0. The number of carbonyl (C=O) groups excluding carboxylic acids is 2. The molecule has 1 N–H and O–H groups in total. The Kier molecular flexibility index (Phi) is 4.34. The van der Waals surface area contributed by atoms with Gasteiger partial charge in [0.15, 0.2) is 11.5 Å². The largest absolute Gasteiger partial charge is 0.504 e. The number of carbonyl (C=O) groups is 2. The minimum absolute atomic E-state index is 0.0946. The monoisotopic (exact) mass is 353 g/mol. The molecule has 0 saturated carbocycles. The summed E-state index contributed by atoms with van der Waals surface area (Å²) in [6, 6.07) is 7.30. The third kappa shape index (κ3) is 3.04. The van der Waals surface area contributed by atoms with E-state index in [1.165, 1.54) is 12.8 Å². The summed E-state index contributed by atoms with van der Waals surface area (Å²) in [4.78, 5) is 26.2. The van der Waals surface area contributed by atoms with Crippen LogP contribution >= 0.6 is 0 Å². The highest BCUT2D eigenvalue weighted by Crippen LogP contribution is 2.47. The van der Waals surface area contributed by atoms with Gasteiger partial charge in [-0.1, -0.05) is 24.3 Å². The molecule has 6 nitrogen and oxygen atoms in total. The zero-order valence-corrected chi connectivity index (χ0v) is 14.2. The Labute approximate surface area is 150 Å². The van der Waals surface area contributed by atoms with Crippen molar-refractivity contribution in [3.8, 4) is 17.2 Å². The smallest absolute Gasteiger partial charge is 0.336 e. The second-order valence-corrected chi connectivity index (χ2v) is 6.51. The SMILES string of the molecule is O=C1/C=C/C(=O)Oc2c(c(O)c3ccccc3c2CCN2CCCC2)O1. The number of nitrogens with zero attached hydrogens (tertiary/aromatic N) is 1. The third-order valence-corrected chi connectivity index (χ3v) is 4.84. The maximum Gasteiger partial charge on any atom is 0.336 e. The van der Waals surface area contributed by atoms with Crippen LogP contribution in [0.3, 0.4) is 0 Å². The first kappa shape index (κ1) is 16.6. The lowest BCUT2D eigenvalue weighted by atomic mass is 9.98. The molecule has 1 saturated heterocycles. The molecule has 0 radical (unpaired) electrons. The van der Waals surface area contributed by atoms with Gasteiger partial charge < -0.3 is 19.5 Å². The van der Waals surface area contributed by atoms with Gasteiger partial charge in [-0.05, 0) is 37.7 Å². The first-order chi connectivity index (χ1) is 12.6. The van der Waals surface area contributed by atoms with Crippen LogP contribution < -0.4 is 9.47 Å². The first-order valence-electron chi connectivity index (χ1n) is 8.74. The van der Waals surface area contributed by atoms with Gasteiger partial charge in [0.1, 0.15) is 0 Å². The van der Waals surface area contributed by atoms with E-state index in [1.54, 1.807) is 12.1 Å². The predicted molar refractivity (Wildman–Crippen MR) is 95.4 cm³/mol. The van der Waals surface area contributed by atoms with E-state index in [9.17, 15) is 14.7 Å². The van der Waals surface area contributed by atoms with E-state index in [0.717, 1.165) is 42.7 Å². The number of esters is 2. The second kappa shape index (κ2) is 6.80. The van der Waals surface area contributed by atoms with Gasteiger partial charge >= 0.3 is 11.9 Å². The number of likely N-dealkylation sites (tertiary alicyclic amines) is 1. The van der Waals surface area contributed by atoms with Crippen LogP contribution in [0.25, 0.3) is 10.8 Å². The molecule has 134 valence electrons. The number of ether oxygens (including phenoxy) is 2. The van der Waals surface area contributed by atoms with Crippen molar-refractivity contribution < 1.29 is 24.2 Å². The molecular weight excluding hydrogens is 334 g/mol. The van der Waals surface area contributed by atoms with E-state index < -0.39 is 11.9 Å². The number of hydrogen-bond acceptors (Lipinski definition) is 6. The van der Waals surface area contributed by atoms with Crippen molar-refractivity contribution in [1.29, 1.82) is 0 Å². The van der Waals surface area contributed by atoms with E-state index in [-0.39, 0.29) is 17.2 Å². The molecule has 0 amide bonds. The lowest BCUT2D eigenvalue weighted by Gasteiger charge is -2.21. The van der Waals surface area contributed by atoms with Crippen molar-refractivity contribution in [2.75, 3.05) is 19.6 Å². The Hall–Kier alpha value is -2.86. The summed E-state index contributed by atoms with van der Waals surface area (Å²) >= 11 is 0. The Morgan fingerprint density at radius 1 is 0.923 bits per heavy atom. The summed E-state index contributed by atoms with van der Waals surface area (Å²) in [5, 5.41) is 12.0. The topological polar surface area (TPSA) is 76.1 Å². The Morgan fingerprint density at radius 3 is 2.23 bits per heavy atom. The minimum atomic E-state index is -0.723. The fourth-order valence-corrected chi connectivity index (χ4v) is 3.57. The van der Waals surface area contributed by atoms with Gasteiger partial charge in [0, 0.05) is 29.6 Å². The van der Waals surface area contributed by atoms with Crippen LogP contribution in [0.4, 0.5) is 0 Å². The number of fused-ring (bicyclic) bond motifs is 2. The summed E-state index contributed by atoms with van der Waals surface area (Å²) in [6.45, 7) is 2.91. The molecule has 1 fully saturated rings. The van der Waals surface area contributed by atoms with E-state index in [2.05, 4.69) is 4.90 Å². The van der Waals surface area contributed by atoms with E-state index in [0.29, 0.717) is 11.8 Å². The summed E-state index contributed by atoms with van der Waals surface area (Å²) in [6.07, 6.45) is 5.01. The highest BCUT2D eigenvalue weighted by atomic mass is 16.6. The van der Waals surface area contributed by atoms with Crippen LogP contribution in [0.5, 0.6) is 17.2 Å². The van der Waals surface area contributed by atoms with E-state index in [4.69, 9.17) is 9.47 Å². The summed E-state index contributed by atoms with van der Waals surface area (Å²) in [7, 11) is 0. The van der Waals surface area contributed by atoms with E-state index >= 15 is 0 Å². The van der Waals surface area contributed by atoms with Gasteiger partial charge in [0.25, 0.3) is 0 Å². The zero-order chi connectivity index (χ0) is 18.1. The molecule has 0 bridgehead atoms. The number of hydrogen-bond donors (Lipinski definition) is 1. The number of phenolic OH excluding ortho intramolecular Hbond substituents is 1. The molecule has 2 aromatic rings. The van der Waals surface area contributed by atoms with Gasteiger partial charge in [0.2, 0.25) is 5.75 Å². The average Bonchev–Trinajstić information content (AvgIpc) is 3.15. The molecule has 0 aliphatic carbocycles. The van der Waals surface area contributed by atoms with Crippen molar-refractivity contribution in [3.05, 3.63) is 42.0 Å². The minimum Gasteiger partial charge on any atom is -0.504 e. The van der Waals surface area contributed by atoms with Crippen molar-refractivity contribution in [3.63, 3.8) is 0 Å². The first-order valence-corrected chi connectivity index (χ1v) is 8.74. The van der Waals surface area contributed by atoms with Crippen molar-refractivity contribution in [1.82, 2.24) is 4.90 Å². The van der Waals surface area contributed by atoms with Gasteiger partial charge in [-0.25, -0.2) is 9.59 Å². The fraction of sp³-hybridized carbons (Fsp3) is 0.300. The van der Waals surface area contributed by atoms with Crippen LogP contribution in [0.2, 0.25) is 0 Å². The number of aromatic hydroxyl groups is 1. The van der Waals surface area contributed by atoms with Crippen LogP contribution in [-0.4, -0.2) is 41.6 Å². The van der Waals surface area contributed by atoms with Crippen LogP contribution in [-0.2, 0) is 16.0 Å². The Morgan fingerprint density at radius 2 is 1.54 bits per heavy atom. The second-order valence-electron chi connectivity index (χ2n) is 6.51. The normalized spacial score (nSPS) is 18.8. The third-order valence-electron chi connectivity index (χ3n) is 4.84. The van der Waals surface area contributed by atoms with Gasteiger partial charge in [-0.3, -0.25) is 0 Å². The molecule has 2 aromatic carbocycles. The van der Waals surface area contributed by atoms with Crippen molar-refractivity contribution in [2.45, 2.75) is 19.3 Å². The van der Waals surface area contributed by atoms with Crippen LogP contribution in [0, 0.1) is 0 Å². The van der Waals surface area contributed by atoms with Crippen LogP contribution in [0.15, 0.2) is 36.4 Å². The maximum atomic E-state index is 12.0. The Balaban J connectivity index is 1.85. The molecule has 4 rings (SSSR count). The van der Waals surface area contributed by atoms with Crippen molar-refractivity contribution >= 4 is 22.7 Å². The quantitative estimate of drug-likeness (QED) is 0.675. The standard InChI is InChI=1S/C20H19NO5/c22-16-7-8-17(23)26-20-18(24)14-6-2-1-5-13(14)15(19(20)25-16)9-12-21-10-3-4-11-21/h1-2,5-8,24H,3-4,9-12H2/b8-7+. The van der Waals surface area contributed by atoms with Gasteiger partial charge in [-0.15, -0.1) is 0 Å². The molecule has 0 aromatic heterocycles. The lowest BCUT2D eigenvalue weighted by Crippen LogP contribution is -2.23. The summed E-state index contributed by atoms with van der Waals surface area (Å²) in [5.41, 5.74) is 0.761. The molecular formula is C20H19NO5. The molecule has 0 atom stereocenters. The Bertz CT molecular complexity index is 912. The van der Waals surface area contributed by atoms with Gasteiger partial charge in [0.05, 0.1) is 0 Å². The molecule has 6 heteroatoms. The molecule has 2 aliphatic rings.